The number of carboxylic acid groups (broad SMARTS) is 1. The molecule has 0 fully saturated rings. The lowest BCUT2D eigenvalue weighted by atomic mass is 10.1. The Hall–Kier alpha value is -1.94. The van der Waals surface area contributed by atoms with Gasteiger partial charge in [0, 0.05) is 6.54 Å². The van der Waals surface area contributed by atoms with E-state index in [1.807, 2.05) is 0 Å². The third-order valence-corrected chi connectivity index (χ3v) is 3.23. The molecule has 0 bridgehead atoms. The molecule has 12 heteroatoms. The van der Waals surface area contributed by atoms with Crippen LogP contribution in [0.2, 0.25) is 0 Å². The maximum absolute atomic E-state index is 11.8. The fourth-order valence-electron chi connectivity index (χ4n) is 1.44. The van der Waals surface area contributed by atoms with Crippen LogP contribution in [-0.2, 0) is 14.2 Å². The van der Waals surface area contributed by atoms with Gasteiger partial charge < -0.3 is 37.4 Å². The average Bonchev–Trinajstić information content (AvgIpc) is 2.40. The van der Waals surface area contributed by atoms with E-state index in [1.54, 1.807) is 0 Å². The lowest BCUT2D eigenvalue weighted by molar-refractivity contribution is -0.140. The topological polar surface area (TPSA) is 214 Å². The van der Waals surface area contributed by atoms with Crippen molar-refractivity contribution in [3.05, 3.63) is 12.2 Å². The molecule has 0 aliphatic rings. The highest BCUT2D eigenvalue weighted by atomic mass is 31.2. The third kappa shape index (κ3) is 11.3. The second kappa shape index (κ2) is 9.95. The average molecular weight is 351 g/mol. The van der Waals surface area contributed by atoms with E-state index >= 15 is 0 Å². The Labute approximate surface area is 132 Å². The number of nitrogens with zero attached hydrogens (tertiary/aromatic N) is 1. The first-order chi connectivity index (χ1) is 10.5. The smallest absolute Gasteiger partial charge is 0.330 e. The van der Waals surface area contributed by atoms with E-state index in [1.165, 1.54) is 0 Å². The number of carbonyl (C=O) groups is 2. The van der Waals surface area contributed by atoms with E-state index < -0.39 is 37.7 Å². The Morgan fingerprint density at radius 3 is 2.39 bits per heavy atom. The molecule has 0 saturated carbocycles. The minimum Gasteiger partial charge on any atom is -0.479 e. The lowest BCUT2D eigenvalue weighted by Gasteiger charge is -2.15. The molecule has 0 aliphatic carbocycles. The first-order valence-electron chi connectivity index (χ1n) is 6.58. The van der Waals surface area contributed by atoms with Crippen LogP contribution in [0.5, 0.6) is 0 Å². The number of allylic oxidation sites excluding steroid dienone is 1. The normalized spacial score (nSPS) is 14.2. The van der Waals surface area contributed by atoms with Crippen molar-refractivity contribution in [3.63, 3.8) is 0 Å². The van der Waals surface area contributed by atoms with Gasteiger partial charge in [-0.2, -0.15) is 0 Å². The predicted octanol–water partition coefficient (Wildman–Crippen LogP) is -2.33. The van der Waals surface area contributed by atoms with Crippen molar-refractivity contribution in [1.82, 2.24) is 5.32 Å². The largest absolute Gasteiger partial charge is 0.479 e. The Morgan fingerprint density at radius 1 is 1.30 bits per heavy atom. The van der Waals surface area contributed by atoms with Gasteiger partial charge in [0.2, 0.25) is 5.91 Å². The summed E-state index contributed by atoms with van der Waals surface area (Å²) in [5.74, 6) is -2.17. The minimum atomic E-state index is -4.28. The highest BCUT2D eigenvalue weighted by molar-refractivity contribution is 7.51. The number of carboxylic acids is 1. The van der Waals surface area contributed by atoms with Crippen LogP contribution in [0.4, 0.5) is 0 Å². The van der Waals surface area contributed by atoms with E-state index in [4.69, 9.17) is 32.1 Å². The van der Waals surface area contributed by atoms with Crippen LogP contribution in [0, 0.1) is 0 Å². The molecule has 0 heterocycles. The summed E-state index contributed by atoms with van der Waals surface area (Å²) in [5, 5.41) is 11.1. The molecule has 0 aromatic heterocycles. The first-order valence-corrected chi connectivity index (χ1v) is 8.38. The van der Waals surface area contributed by atoms with E-state index in [2.05, 4.69) is 10.3 Å². The van der Waals surface area contributed by atoms with Gasteiger partial charge in [0.25, 0.3) is 0 Å². The van der Waals surface area contributed by atoms with E-state index in [9.17, 15) is 14.2 Å². The highest BCUT2D eigenvalue weighted by Crippen LogP contribution is 2.33. The van der Waals surface area contributed by atoms with Crippen LogP contribution in [0.15, 0.2) is 17.1 Å². The van der Waals surface area contributed by atoms with Crippen molar-refractivity contribution >= 4 is 25.4 Å². The molecule has 0 aliphatic heterocycles. The zero-order chi connectivity index (χ0) is 18.0. The van der Waals surface area contributed by atoms with Crippen LogP contribution in [0.25, 0.3) is 0 Å². The monoisotopic (exact) mass is 351 g/mol. The van der Waals surface area contributed by atoms with Gasteiger partial charge in [0.05, 0.1) is 12.2 Å². The molecule has 0 spiro atoms. The Morgan fingerprint density at radius 2 is 1.91 bits per heavy atom. The molecule has 23 heavy (non-hydrogen) atoms. The number of aliphatic imine (C=N–C) groups is 1. The van der Waals surface area contributed by atoms with Crippen molar-refractivity contribution in [2.45, 2.75) is 24.9 Å². The number of hydrogen-bond donors (Lipinski definition) is 7. The lowest BCUT2D eigenvalue weighted by Crippen LogP contribution is -2.47. The zero-order valence-electron chi connectivity index (χ0n) is 12.3. The van der Waals surface area contributed by atoms with Crippen LogP contribution >= 0.6 is 7.60 Å². The van der Waals surface area contributed by atoms with Gasteiger partial charge in [0.1, 0.15) is 6.04 Å². The summed E-state index contributed by atoms with van der Waals surface area (Å²) >= 11 is 0. The molecule has 2 atom stereocenters. The fraction of sp³-hybridized carbons (Fsp3) is 0.545. The number of carbonyl (C=O) groups excluding carboxylic acids is 1. The van der Waals surface area contributed by atoms with E-state index in [0.717, 1.165) is 12.2 Å². The van der Waals surface area contributed by atoms with Crippen molar-refractivity contribution in [2.75, 3.05) is 12.7 Å². The van der Waals surface area contributed by atoms with Gasteiger partial charge in [0.15, 0.2) is 5.96 Å². The molecule has 0 aromatic rings. The van der Waals surface area contributed by atoms with Gasteiger partial charge in [-0.25, -0.2) is 4.79 Å². The Kier molecular flexibility index (Phi) is 9.11. The fourth-order valence-corrected chi connectivity index (χ4v) is 1.83. The van der Waals surface area contributed by atoms with Crippen molar-refractivity contribution < 1.29 is 29.0 Å². The van der Waals surface area contributed by atoms with Gasteiger partial charge in [-0.15, -0.1) is 0 Å². The van der Waals surface area contributed by atoms with Crippen molar-refractivity contribution in [1.29, 1.82) is 0 Å². The quantitative estimate of drug-likeness (QED) is 0.0737. The molecule has 0 radical (unpaired) electrons. The number of nitrogens with two attached hydrogens (primary N) is 3. The molecular weight excluding hydrogens is 329 g/mol. The molecule has 0 rings (SSSR count). The predicted molar refractivity (Wildman–Crippen MR) is 83.5 cm³/mol. The maximum Gasteiger partial charge on any atom is 0.330 e. The molecule has 10 N–H and O–H groups in total. The number of aliphatic carboxylic acids is 1. The van der Waals surface area contributed by atoms with Gasteiger partial charge in [-0.3, -0.25) is 14.4 Å². The number of rotatable bonds is 10. The van der Waals surface area contributed by atoms with E-state index in [0.29, 0.717) is 6.42 Å². The molecule has 0 aromatic carbocycles. The molecule has 0 saturated heterocycles. The second-order valence-corrected chi connectivity index (χ2v) is 6.35. The summed E-state index contributed by atoms with van der Waals surface area (Å²) in [6.45, 7) is 0.286. The van der Waals surface area contributed by atoms with Gasteiger partial charge >= 0.3 is 13.6 Å². The number of nitrogens with one attached hydrogen (secondary N) is 1. The molecule has 132 valence electrons. The molecule has 1 amide bonds. The number of amides is 1. The summed E-state index contributed by atoms with van der Waals surface area (Å²) < 4.78 is 10.7. The summed E-state index contributed by atoms with van der Waals surface area (Å²) in [4.78, 5) is 43.8. The summed E-state index contributed by atoms with van der Waals surface area (Å²) in [6, 6.07) is -2.39. The third-order valence-electron chi connectivity index (χ3n) is 2.54. The Balaban J connectivity index is 4.46. The minimum absolute atomic E-state index is 0.0795. The Bertz CT molecular complexity index is 513. The molecule has 0 unspecified atom stereocenters. The molecular formula is C11H22N5O6P. The summed E-state index contributed by atoms with van der Waals surface area (Å²) in [5.41, 5.74) is 15.9. The van der Waals surface area contributed by atoms with Crippen LogP contribution in [0.1, 0.15) is 12.8 Å². The van der Waals surface area contributed by atoms with Gasteiger partial charge in [-0.1, -0.05) is 12.2 Å². The highest BCUT2D eigenvalue weighted by Gasteiger charge is 2.21. The van der Waals surface area contributed by atoms with Gasteiger partial charge in [-0.05, 0) is 12.8 Å². The van der Waals surface area contributed by atoms with Crippen LogP contribution in [0.3, 0.4) is 0 Å². The SMILES string of the molecule is NC(N)=NCCC[C@@H](N)C(=O)N[C@H](/C=C\CP(=O)(O)O)C(=O)O. The zero-order valence-corrected chi connectivity index (χ0v) is 13.2. The first kappa shape index (κ1) is 21.1. The van der Waals surface area contributed by atoms with Crippen molar-refractivity contribution in [3.8, 4) is 0 Å². The van der Waals surface area contributed by atoms with Crippen LogP contribution < -0.4 is 22.5 Å². The standard InChI is InChI=1S/C11H22N5O6P/c12-7(3-1-5-15-11(13)14)9(17)16-8(10(18)19)4-2-6-23(20,21)22/h2,4,7-8H,1,3,5-6,12H2,(H,16,17)(H,18,19)(H4,13,14,15)(H2,20,21,22)/b4-2-/t7-,8-/m1/s1. The maximum atomic E-state index is 11.8. The summed E-state index contributed by atoms with van der Waals surface area (Å²) in [6.07, 6.45) is 2.01. The van der Waals surface area contributed by atoms with Crippen LogP contribution in [-0.4, -0.2) is 57.5 Å². The summed E-state index contributed by atoms with van der Waals surface area (Å²) in [7, 11) is -4.28. The number of guanidine groups is 1. The molecule has 11 nitrogen and oxygen atoms in total. The van der Waals surface area contributed by atoms with E-state index in [-0.39, 0.29) is 18.9 Å². The number of hydrogen-bond acceptors (Lipinski definition) is 5. The second-order valence-electron chi connectivity index (χ2n) is 4.66. The van der Waals surface area contributed by atoms with Crippen molar-refractivity contribution in [2.24, 2.45) is 22.2 Å².